The van der Waals surface area contributed by atoms with Crippen LogP contribution in [-0.2, 0) is 10.0 Å². The van der Waals surface area contributed by atoms with Crippen molar-refractivity contribution in [3.8, 4) is 0 Å². The molecule has 1 unspecified atom stereocenters. The van der Waals surface area contributed by atoms with E-state index in [0.29, 0.717) is 5.92 Å². The number of fused-ring (bicyclic) bond motifs is 3. The van der Waals surface area contributed by atoms with Crippen LogP contribution in [0, 0.1) is 5.92 Å². The summed E-state index contributed by atoms with van der Waals surface area (Å²) in [6.07, 6.45) is 3.62. The molecule has 3 aliphatic heterocycles. The highest BCUT2D eigenvalue weighted by Crippen LogP contribution is 2.28. The summed E-state index contributed by atoms with van der Waals surface area (Å²) in [6, 6.07) is 3.07. The molecule has 6 nitrogen and oxygen atoms in total. The first-order chi connectivity index (χ1) is 9.06. The Kier molecular flexibility index (Phi) is 3.20. The van der Waals surface area contributed by atoms with Crippen LogP contribution in [0.3, 0.4) is 0 Å². The summed E-state index contributed by atoms with van der Waals surface area (Å²) in [5.41, 5.74) is 5.65. The van der Waals surface area contributed by atoms with Crippen molar-refractivity contribution in [3.05, 3.63) is 18.3 Å². The Hall–Kier alpha value is -1.18. The number of nitrogens with zero attached hydrogens (tertiary/aromatic N) is 2. The number of sulfonamides is 1. The number of nitrogen functional groups attached to an aromatic ring is 1. The molecule has 3 aliphatic rings. The highest BCUT2D eigenvalue weighted by Gasteiger charge is 2.36. The third kappa shape index (κ3) is 2.45. The van der Waals surface area contributed by atoms with Crippen molar-refractivity contribution in [3.63, 3.8) is 0 Å². The molecule has 1 atom stereocenters. The van der Waals surface area contributed by atoms with E-state index in [9.17, 15) is 8.42 Å². The van der Waals surface area contributed by atoms with E-state index in [-0.39, 0.29) is 16.8 Å². The number of anilines is 1. The summed E-state index contributed by atoms with van der Waals surface area (Å²) in [4.78, 5) is 6.22. The lowest BCUT2D eigenvalue weighted by Crippen LogP contribution is -2.57. The fourth-order valence-electron chi connectivity index (χ4n) is 2.99. The van der Waals surface area contributed by atoms with Gasteiger partial charge < -0.3 is 10.6 Å². The Bertz CT molecular complexity index is 567. The van der Waals surface area contributed by atoms with E-state index in [1.54, 1.807) is 6.07 Å². The smallest absolute Gasteiger partial charge is 0.244 e. The average Bonchev–Trinajstić information content (AvgIpc) is 2.40. The number of hydrogen-bond donors (Lipinski definition) is 2. The van der Waals surface area contributed by atoms with Crippen LogP contribution in [0.5, 0.6) is 0 Å². The van der Waals surface area contributed by atoms with E-state index in [2.05, 4.69) is 14.6 Å². The molecule has 3 N–H and O–H groups in total. The van der Waals surface area contributed by atoms with Crippen LogP contribution in [0.25, 0.3) is 0 Å². The average molecular weight is 282 g/mol. The molecule has 0 radical (unpaired) electrons. The molecule has 0 aromatic carbocycles. The lowest BCUT2D eigenvalue weighted by molar-refractivity contribution is 0.0827. The molecule has 19 heavy (non-hydrogen) atoms. The molecule has 0 aliphatic carbocycles. The van der Waals surface area contributed by atoms with Gasteiger partial charge in [0.1, 0.15) is 10.7 Å². The monoisotopic (exact) mass is 282 g/mol. The Morgan fingerprint density at radius 2 is 2.11 bits per heavy atom. The number of rotatable bonds is 3. The number of nitrogens with one attached hydrogen (secondary N) is 1. The van der Waals surface area contributed by atoms with Gasteiger partial charge >= 0.3 is 0 Å². The normalized spacial score (nSPS) is 30.4. The van der Waals surface area contributed by atoms with Crippen LogP contribution in [0.2, 0.25) is 0 Å². The minimum Gasteiger partial charge on any atom is -0.383 e. The molecule has 3 fully saturated rings. The van der Waals surface area contributed by atoms with Crippen LogP contribution < -0.4 is 10.5 Å². The fraction of sp³-hybridized carbons (Fsp3) is 0.583. The molecular weight excluding hydrogens is 264 g/mol. The first-order valence-corrected chi connectivity index (χ1v) is 8.00. The molecule has 1 aromatic rings. The Balaban J connectivity index is 1.81. The van der Waals surface area contributed by atoms with Gasteiger partial charge in [0.25, 0.3) is 0 Å². The van der Waals surface area contributed by atoms with E-state index in [1.807, 2.05) is 0 Å². The van der Waals surface area contributed by atoms with Crippen LogP contribution >= 0.6 is 0 Å². The maximum atomic E-state index is 12.3. The van der Waals surface area contributed by atoms with Crippen LogP contribution in [0.4, 0.5) is 5.82 Å². The van der Waals surface area contributed by atoms with E-state index < -0.39 is 10.0 Å². The van der Waals surface area contributed by atoms with Crippen molar-refractivity contribution in [2.75, 3.05) is 25.4 Å². The molecule has 7 heteroatoms. The second kappa shape index (κ2) is 4.73. The van der Waals surface area contributed by atoms with Gasteiger partial charge in [-0.05, 0) is 44.0 Å². The van der Waals surface area contributed by atoms with Gasteiger partial charge in [-0.15, -0.1) is 0 Å². The van der Waals surface area contributed by atoms with Gasteiger partial charge in [0.15, 0.2) is 0 Å². The largest absolute Gasteiger partial charge is 0.383 e. The van der Waals surface area contributed by atoms with Crippen molar-refractivity contribution in [1.29, 1.82) is 0 Å². The highest BCUT2D eigenvalue weighted by molar-refractivity contribution is 7.89. The Labute approximate surface area is 113 Å². The lowest BCUT2D eigenvalue weighted by atomic mass is 9.85. The zero-order valence-electron chi connectivity index (χ0n) is 10.6. The molecule has 4 heterocycles. The summed E-state index contributed by atoms with van der Waals surface area (Å²) in [5, 5.41) is 0. The van der Waals surface area contributed by atoms with Gasteiger partial charge in [-0.25, -0.2) is 18.1 Å². The van der Waals surface area contributed by atoms with Gasteiger partial charge in [-0.2, -0.15) is 0 Å². The van der Waals surface area contributed by atoms with Crippen molar-refractivity contribution in [1.82, 2.24) is 14.6 Å². The van der Waals surface area contributed by atoms with Gasteiger partial charge in [-0.1, -0.05) is 0 Å². The standard InChI is InChI=1S/C12H18N4O2S/c13-12-11(2-1-5-14-12)19(17,18)15-10-8-16-6-3-9(10)4-7-16/h1-2,5,9-10,15H,3-4,6-8H2,(H2,13,14). The van der Waals surface area contributed by atoms with Crippen molar-refractivity contribution in [2.24, 2.45) is 5.92 Å². The molecule has 0 amide bonds. The van der Waals surface area contributed by atoms with Gasteiger partial charge in [0.2, 0.25) is 10.0 Å². The molecular formula is C12H18N4O2S. The molecule has 2 bridgehead atoms. The van der Waals surface area contributed by atoms with Crippen LogP contribution in [-0.4, -0.2) is 44.0 Å². The van der Waals surface area contributed by atoms with Gasteiger partial charge in [-0.3, -0.25) is 0 Å². The Morgan fingerprint density at radius 3 is 2.68 bits per heavy atom. The van der Waals surface area contributed by atoms with Crippen molar-refractivity contribution in [2.45, 2.75) is 23.8 Å². The zero-order chi connectivity index (χ0) is 13.5. The molecule has 1 aromatic heterocycles. The summed E-state index contributed by atoms with van der Waals surface area (Å²) < 4.78 is 27.5. The van der Waals surface area contributed by atoms with E-state index in [1.165, 1.54) is 12.3 Å². The second-order valence-corrected chi connectivity index (χ2v) is 6.93. The van der Waals surface area contributed by atoms with E-state index in [4.69, 9.17) is 5.73 Å². The van der Waals surface area contributed by atoms with Gasteiger partial charge in [0, 0.05) is 18.8 Å². The number of piperidine rings is 3. The number of hydrogen-bond acceptors (Lipinski definition) is 5. The quantitative estimate of drug-likeness (QED) is 0.817. The maximum Gasteiger partial charge on any atom is 0.244 e. The zero-order valence-corrected chi connectivity index (χ0v) is 11.4. The summed E-state index contributed by atoms with van der Waals surface area (Å²) >= 11 is 0. The predicted octanol–water partition coefficient (Wildman–Crippen LogP) is 0.0363. The molecule has 104 valence electrons. The molecule has 3 saturated heterocycles. The summed E-state index contributed by atoms with van der Waals surface area (Å²) in [7, 11) is -3.58. The Morgan fingerprint density at radius 1 is 1.37 bits per heavy atom. The SMILES string of the molecule is Nc1ncccc1S(=O)(=O)NC1CN2CCC1CC2. The van der Waals surface area contributed by atoms with Crippen LogP contribution in [0.1, 0.15) is 12.8 Å². The molecule has 0 spiro atoms. The summed E-state index contributed by atoms with van der Waals surface area (Å²) in [6.45, 7) is 2.96. The van der Waals surface area contributed by atoms with Crippen molar-refractivity contribution < 1.29 is 8.42 Å². The summed E-state index contributed by atoms with van der Waals surface area (Å²) in [5.74, 6) is 0.494. The first-order valence-electron chi connectivity index (χ1n) is 6.51. The second-order valence-electron chi connectivity index (χ2n) is 5.25. The topological polar surface area (TPSA) is 88.3 Å². The van der Waals surface area contributed by atoms with E-state index in [0.717, 1.165) is 32.5 Å². The van der Waals surface area contributed by atoms with Crippen LogP contribution in [0.15, 0.2) is 23.2 Å². The minimum atomic E-state index is -3.58. The number of aromatic nitrogens is 1. The number of nitrogens with two attached hydrogens (primary N) is 1. The maximum absolute atomic E-state index is 12.3. The highest BCUT2D eigenvalue weighted by atomic mass is 32.2. The first kappa shape index (κ1) is 12.8. The lowest BCUT2D eigenvalue weighted by Gasteiger charge is -2.44. The predicted molar refractivity (Wildman–Crippen MR) is 71.9 cm³/mol. The van der Waals surface area contributed by atoms with Crippen molar-refractivity contribution >= 4 is 15.8 Å². The fourth-order valence-corrected chi connectivity index (χ4v) is 4.37. The third-order valence-electron chi connectivity index (χ3n) is 4.05. The number of pyridine rings is 1. The minimum absolute atomic E-state index is 0.00731. The molecule has 4 rings (SSSR count). The molecule has 0 saturated carbocycles. The van der Waals surface area contributed by atoms with E-state index >= 15 is 0 Å². The van der Waals surface area contributed by atoms with Gasteiger partial charge in [0.05, 0.1) is 0 Å². The third-order valence-corrected chi connectivity index (χ3v) is 5.59.